The van der Waals surface area contributed by atoms with Gasteiger partial charge in [-0.15, -0.1) is 0 Å². The number of nitrogen functional groups attached to an aromatic ring is 1. The molecular formula is C8H6ClN5. The summed E-state index contributed by atoms with van der Waals surface area (Å²) >= 11 is 5.72. The van der Waals surface area contributed by atoms with Crippen LogP contribution in [0.5, 0.6) is 0 Å². The van der Waals surface area contributed by atoms with Crippen LogP contribution in [0.25, 0.3) is 11.4 Å². The number of halogens is 1. The molecule has 0 unspecified atom stereocenters. The topological polar surface area (TPSA) is 77.6 Å². The lowest BCUT2D eigenvalue weighted by Gasteiger charge is -1.99. The Bertz CT molecular complexity index is 415. The van der Waals surface area contributed by atoms with Gasteiger partial charge in [-0.2, -0.15) is 4.98 Å². The molecule has 0 spiro atoms. The zero-order valence-corrected chi connectivity index (χ0v) is 7.81. The lowest BCUT2D eigenvalue weighted by atomic mass is 10.2. The molecule has 0 aliphatic heterocycles. The summed E-state index contributed by atoms with van der Waals surface area (Å²) in [6.07, 6.45) is 2.93. The van der Waals surface area contributed by atoms with E-state index in [4.69, 9.17) is 17.3 Å². The highest BCUT2D eigenvalue weighted by Gasteiger charge is 2.02. The Labute approximate surface area is 85.0 Å². The number of hydrogen-bond acceptors (Lipinski definition) is 5. The summed E-state index contributed by atoms with van der Waals surface area (Å²) in [6.45, 7) is 0. The van der Waals surface area contributed by atoms with Crippen LogP contribution >= 0.6 is 11.6 Å². The van der Waals surface area contributed by atoms with Gasteiger partial charge in [0.15, 0.2) is 5.82 Å². The molecule has 0 aliphatic rings. The molecule has 0 amide bonds. The standard InChI is InChI=1S/C8H6ClN5/c9-6-3-5(1-2-11-6)7-12-4-13-8(10)14-7/h1-4H,(H2,10,12,13,14). The van der Waals surface area contributed by atoms with Crippen LogP contribution in [0, 0.1) is 0 Å². The Kier molecular flexibility index (Phi) is 2.24. The van der Waals surface area contributed by atoms with Crippen molar-refractivity contribution >= 4 is 17.5 Å². The smallest absolute Gasteiger partial charge is 0.223 e. The minimum Gasteiger partial charge on any atom is -0.368 e. The number of anilines is 1. The van der Waals surface area contributed by atoms with Crippen LogP contribution in [0.15, 0.2) is 24.7 Å². The van der Waals surface area contributed by atoms with Crippen molar-refractivity contribution < 1.29 is 0 Å². The fourth-order valence-corrected chi connectivity index (χ4v) is 1.16. The van der Waals surface area contributed by atoms with Gasteiger partial charge in [0.1, 0.15) is 11.5 Å². The van der Waals surface area contributed by atoms with E-state index in [0.717, 1.165) is 5.56 Å². The van der Waals surface area contributed by atoms with E-state index in [2.05, 4.69) is 19.9 Å². The second-order valence-corrected chi connectivity index (χ2v) is 2.92. The highest BCUT2D eigenvalue weighted by molar-refractivity contribution is 6.29. The maximum absolute atomic E-state index is 5.72. The van der Waals surface area contributed by atoms with Gasteiger partial charge >= 0.3 is 0 Å². The van der Waals surface area contributed by atoms with Crippen LogP contribution in [0.4, 0.5) is 5.95 Å². The van der Waals surface area contributed by atoms with Gasteiger partial charge in [-0.3, -0.25) is 0 Å². The van der Waals surface area contributed by atoms with Crippen LogP contribution < -0.4 is 5.73 Å². The molecule has 2 N–H and O–H groups in total. The van der Waals surface area contributed by atoms with Crippen molar-refractivity contribution in [3.63, 3.8) is 0 Å². The molecule has 2 aromatic heterocycles. The van der Waals surface area contributed by atoms with Gasteiger partial charge in [0, 0.05) is 11.8 Å². The Hall–Kier alpha value is -1.75. The molecule has 0 radical (unpaired) electrons. The molecule has 0 bridgehead atoms. The van der Waals surface area contributed by atoms with Gasteiger partial charge in [-0.1, -0.05) is 11.6 Å². The Morgan fingerprint density at radius 2 is 2.07 bits per heavy atom. The maximum Gasteiger partial charge on any atom is 0.223 e. The third kappa shape index (κ3) is 1.77. The van der Waals surface area contributed by atoms with Gasteiger partial charge in [0.2, 0.25) is 5.95 Å². The largest absolute Gasteiger partial charge is 0.368 e. The first-order valence-electron chi connectivity index (χ1n) is 3.82. The SMILES string of the molecule is Nc1ncnc(-c2ccnc(Cl)c2)n1. The molecule has 14 heavy (non-hydrogen) atoms. The molecule has 0 atom stereocenters. The summed E-state index contributed by atoms with van der Waals surface area (Å²) in [5.74, 6) is 0.671. The molecule has 0 fully saturated rings. The van der Waals surface area contributed by atoms with Crippen LogP contribution in [0.2, 0.25) is 5.15 Å². The van der Waals surface area contributed by atoms with Crippen molar-refractivity contribution in [1.82, 2.24) is 19.9 Å². The molecule has 0 aromatic carbocycles. The minimum absolute atomic E-state index is 0.183. The van der Waals surface area contributed by atoms with Gasteiger partial charge in [-0.05, 0) is 12.1 Å². The highest BCUT2D eigenvalue weighted by Crippen LogP contribution is 2.16. The average molecular weight is 208 g/mol. The normalized spacial score (nSPS) is 10.1. The maximum atomic E-state index is 5.72. The van der Waals surface area contributed by atoms with Gasteiger partial charge in [-0.25, -0.2) is 15.0 Å². The number of pyridine rings is 1. The van der Waals surface area contributed by atoms with E-state index in [1.54, 1.807) is 18.3 Å². The molecule has 0 saturated carbocycles. The fourth-order valence-electron chi connectivity index (χ4n) is 0.990. The second kappa shape index (κ2) is 3.55. The van der Waals surface area contributed by atoms with Gasteiger partial charge < -0.3 is 5.73 Å². The van der Waals surface area contributed by atoms with Crippen molar-refractivity contribution in [2.24, 2.45) is 0 Å². The number of nitrogens with zero attached hydrogens (tertiary/aromatic N) is 4. The van der Waals surface area contributed by atoms with E-state index in [9.17, 15) is 0 Å². The molecular weight excluding hydrogens is 202 g/mol. The van der Waals surface area contributed by atoms with Gasteiger partial charge in [0.25, 0.3) is 0 Å². The molecule has 6 heteroatoms. The predicted molar refractivity (Wildman–Crippen MR) is 52.5 cm³/mol. The van der Waals surface area contributed by atoms with Crippen LogP contribution in [-0.4, -0.2) is 19.9 Å². The van der Waals surface area contributed by atoms with Crippen molar-refractivity contribution in [3.05, 3.63) is 29.8 Å². The molecule has 0 aliphatic carbocycles. The number of aromatic nitrogens is 4. The van der Waals surface area contributed by atoms with E-state index in [0.29, 0.717) is 11.0 Å². The summed E-state index contributed by atoms with van der Waals surface area (Å²) in [7, 11) is 0. The van der Waals surface area contributed by atoms with Gasteiger partial charge in [0.05, 0.1) is 0 Å². The Balaban J connectivity index is 2.49. The summed E-state index contributed by atoms with van der Waals surface area (Å²) in [5, 5.41) is 0.390. The highest BCUT2D eigenvalue weighted by atomic mass is 35.5. The van der Waals surface area contributed by atoms with E-state index in [-0.39, 0.29) is 5.95 Å². The van der Waals surface area contributed by atoms with E-state index in [1.165, 1.54) is 6.33 Å². The zero-order valence-electron chi connectivity index (χ0n) is 7.05. The van der Waals surface area contributed by atoms with Crippen LogP contribution in [-0.2, 0) is 0 Å². The molecule has 5 nitrogen and oxygen atoms in total. The third-order valence-electron chi connectivity index (χ3n) is 1.58. The Morgan fingerprint density at radius 1 is 1.21 bits per heavy atom. The molecule has 0 saturated heterocycles. The van der Waals surface area contributed by atoms with Crippen molar-refractivity contribution in [2.45, 2.75) is 0 Å². The minimum atomic E-state index is 0.183. The number of nitrogens with two attached hydrogens (primary N) is 1. The fraction of sp³-hybridized carbons (Fsp3) is 0. The predicted octanol–water partition coefficient (Wildman–Crippen LogP) is 1.17. The molecule has 2 aromatic rings. The van der Waals surface area contributed by atoms with E-state index in [1.807, 2.05) is 0 Å². The van der Waals surface area contributed by atoms with Crippen LogP contribution in [0.3, 0.4) is 0 Å². The van der Waals surface area contributed by atoms with Crippen LogP contribution in [0.1, 0.15) is 0 Å². The first-order chi connectivity index (χ1) is 6.75. The first-order valence-corrected chi connectivity index (χ1v) is 4.20. The van der Waals surface area contributed by atoms with E-state index >= 15 is 0 Å². The average Bonchev–Trinajstić information content (AvgIpc) is 2.18. The Morgan fingerprint density at radius 3 is 2.79 bits per heavy atom. The summed E-state index contributed by atoms with van der Waals surface area (Å²) in [4.78, 5) is 15.5. The van der Waals surface area contributed by atoms with Crippen molar-refractivity contribution in [1.29, 1.82) is 0 Å². The van der Waals surface area contributed by atoms with Crippen molar-refractivity contribution in [3.8, 4) is 11.4 Å². The number of hydrogen-bond donors (Lipinski definition) is 1. The lowest BCUT2D eigenvalue weighted by Crippen LogP contribution is -1.98. The second-order valence-electron chi connectivity index (χ2n) is 2.53. The molecule has 2 rings (SSSR count). The van der Waals surface area contributed by atoms with Crippen molar-refractivity contribution in [2.75, 3.05) is 5.73 Å². The molecule has 70 valence electrons. The first kappa shape index (κ1) is 8.83. The zero-order chi connectivity index (χ0) is 9.97. The summed E-state index contributed by atoms with van der Waals surface area (Å²) in [6, 6.07) is 3.41. The monoisotopic (exact) mass is 207 g/mol. The lowest BCUT2D eigenvalue weighted by molar-refractivity contribution is 1.07. The van der Waals surface area contributed by atoms with E-state index < -0.39 is 0 Å². The number of rotatable bonds is 1. The quantitative estimate of drug-likeness (QED) is 0.711. The molecule has 2 heterocycles. The third-order valence-corrected chi connectivity index (χ3v) is 1.78. The summed E-state index contributed by atoms with van der Waals surface area (Å²) in [5.41, 5.74) is 6.19. The summed E-state index contributed by atoms with van der Waals surface area (Å²) < 4.78 is 0.